The van der Waals surface area contributed by atoms with Crippen molar-refractivity contribution in [2.24, 2.45) is 0 Å². The second-order valence-electron chi connectivity index (χ2n) is 3.69. The van der Waals surface area contributed by atoms with Gasteiger partial charge in [-0.25, -0.2) is 4.79 Å². The zero-order chi connectivity index (χ0) is 14.7. The average Bonchev–Trinajstić information content (AvgIpc) is 2.88. The predicted molar refractivity (Wildman–Crippen MR) is 72.1 cm³/mol. The second-order valence-corrected chi connectivity index (χ2v) is 4.54. The Labute approximate surface area is 121 Å². The van der Waals surface area contributed by atoms with Crippen LogP contribution in [0, 0.1) is 0 Å². The molecular formula is C12H9BrN2O5. The average molecular weight is 341 g/mol. The van der Waals surface area contributed by atoms with Crippen LogP contribution in [0.25, 0.3) is 0 Å². The van der Waals surface area contributed by atoms with Crippen molar-refractivity contribution in [3.63, 3.8) is 0 Å². The normalized spacial score (nSPS) is 10.1. The van der Waals surface area contributed by atoms with Gasteiger partial charge in [-0.3, -0.25) is 4.79 Å². The topological polar surface area (TPSA) is 102 Å². The summed E-state index contributed by atoms with van der Waals surface area (Å²) in [5.41, 5.74) is 0.386. The highest BCUT2D eigenvalue weighted by molar-refractivity contribution is 9.10. The maximum absolute atomic E-state index is 11.8. The fourth-order valence-corrected chi connectivity index (χ4v) is 1.96. The molecule has 8 heteroatoms. The van der Waals surface area contributed by atoms with Gasteiger partial charge in [-0.2, -0.15) is 0 Å². The summed E-state index contributed by atoms with van der Waals surface area (Å²) in [5.74, 6) is -1.63. The minimum atomic E-state index is -1.29. The van der Waals surface area contributed by atoms with E-state index in [1.807, 2.05) is 0 Å². The van der Waals surface area contributed by atoms with E-state index in [1.165, 1.54) is 7.11 Å². The lowest BCUT2D eigenvalue weighted by Gasteiger charge is -2.06. The van der Waals surface area contributed by atoms with Crippen molar-refractivity contribution in [3.05, 3.63) is 40.2 Å². The van der Waals surface area contributed by atoms with Gasteiger partial charge < -0.3 is 19.7 Å². The van der Waals surface area contributed by atoms with Crippen LogP contribution in [0.5, 0.6) is 5.75 Å². The van der Waals surface area contributed by atoms with E-state index in [1.54, 1.807) is 18.2 Å². The van der Waals surface area contributed by atoms with Crippen molar-refractivity contribution in [1.29, 1.82) is 0 Å². The first-order valence-corrected chi connectivity index (χ1v) is 6.15. The molecule has 1 heterocycles. The molecule has 104 valence electrons. The highest BCUT2D eigenvalue weighted by Gasteiger charge is 2.17. The van der Waals surface area contributed by atoms with E-state index in [4.69, 9.17) is 9.84 Å². The van der Waals surface area contributed by atoms with E-state index < -0.39 is 17.6 Å². The van der Waals surface area contributed by atoms with Crippen LogP contribution in [0.15, 0.2) is 33.3 Å². The molecule has 2 rings (SSSR count). The molecule has 0 aliphatic rings. The first kappa shape index (κ1) is 14.1. The molecule has 0 bridgehead atoms. The number of carboxylic acids is 1. The molecular weight excluding hydrogens is 332 g/mol. The Kier molecular flexibility index (Phi) is 4.04. The van der Waals surface area contributed by atoms with Gasteiger partial charge in [-0.1, -0.05) is 5.16 Å². The van der Waals surface area contributed by atoms with Crippen molar-refractivity contribution >= 4 is 33.5 Å². The van der Waals surface area contributed by atoms with E-state index in [2.05, 4.69) is 30.9 Å². The number of halogens is 1. The first-order chi connectivity index (χ1) is 9.51. The van der Waals surface area contributed by atoms with Crippen molar-refractivity contribution < 1.29 is 24.0 Å². The predicted octanol–water partition coefficient (Wildman–Crippen LogP) is 2.40. The smallest absolute Gasteiger partial charge is 0.374 e. The van der Waals surface area contributed by atoms with Crippen LogP contribution < -0.4 is 10.1 Å². The Balaban J connectivity index is 2.14. The molecule has 1 amide bonds. The zero-order valence-electron chi connectivity index (χ0n) is 10.2. The lowest BCUT2D eigenvalue weighted by molar-refractivity contribution is 0.0651. The number of benzene rings is 1. The number of carbonyl (C=O) groups excluding carboxylic acids is 1. The number of aromatic carboxylic acids is 1. The number of ether oxygens (including phenoxy) is 1. The number of carbonyl (C=O) groups is 2. The Hall–Kier alpha value is -2.35. The van der Waals surface area contributed by atoms with Gasteiger partial charge in [0, 0.05) is 11.8 Å². The van der Waals surface area contributed by atoms with E-state index in [-0.39, 0.29) is 5.69 Å². The van der Waals surface area contributed by atoms with Gasteiger partial charge in [0.15, 0.2) is 5.69 Å². The number of rotatable bonds is 4. The number of carboxylic acid groups (broad SMARTS) is 1. The Morgan fingerprint density at radius 3 is 2.70 bits per heavy atom. The van der Waals surface area contributed by atoms with Gasteiger partial charge in [0.05, 0.1) is 11.6 Å². The van der Waals surface area contributed by atoms with Gasteiger partial charge in [-0.15, -0.1) is 0 Å². The molecule has 0 saturated carbocycles. The van der Waals surface area contributed by atoms with Crippen LogP contribution in [-0.2, 0) is 0 Å². The van der Waals surface area contributed by atoms with Gasteiger partial charge in [0.1, 0.15) is 5.75 Å². The molecule has 2 N–H and O–H groups in total. The number of methoxy groups -OCH3 is 1. The number of hydrogen-bond donors (Lipinski definition) is 2. The Bertz CT molecular complexity index is 668. The summed E-state index contributed by atoms with van der Waals surface area (Å²) >= 11 is 3.29. The third-order valence-corrected chi connectivity index (χ3v) is 2.98. The van der Waals surface area contributed by atoms with Gasteiger partial charge in [0.2, 0.25) is 5.76 Å². The standard InChI is InChI=1S/C12H9BrN2O5/c1-19-9-3-2-6(4-7(9)13)14-11(16)8-5-10(12(17)18)20-15-8/h2-5H,1H3,(H,14,16)(H,17,18). The van der Waals surface area contributed by atoms with Gasteiger partial charge in [0.25, 0.3) is 5.91 Å². The molecule has 0 fully saturated rings. The van der Waals surface area contributed by atoms with E-state index >= 15 is 0 Å². The lowest BCUT2D eigenvalue weighted by atomic mass is 10.3. The van der Waals surface area contributed by atoms with Gasteiger partial charge >= 0.3 is 5.97 Å². The molecule has 0 atom stereocenters. The van der Waals surface area contributed by atoms with Crippen molar-refractivity contribution in [2.45, 2.75) is 0 Å². The third-order valence-electron chi connectivity index (χ3n) is 2.36. The fraction of sp³-hybridized carbons (Fsp3) is 0.0833. The molecule has 0 saturated heterocycles. The maximum Gasteiger partial charge on any atom is 0.374 e. The fourth-order valence-electron chi connectivity index (χ4n) is 1.42. The number of hydrogen-bond acceptors (Lipinski definition) is 5. The summed E-state index contributed by atoms with van der Waals surface area (Å²) in [5, 5.41) is 14.6. The molecule has 1 aromatic carbocycles. The zero-order valence-corrected chi connectivity index (χ0v) is 11.8. The number of amides is 1. The first-order valence-electron chi connectivity index (χ1n) is 5.36. The van der Waals surface area contributed by atoms with Crippen molar-refractivity contribution in [2.75, 3.05) is 12.4 Å². The van der Waals surface area contributed by atoms with Gasteiger partial charge in [-0.05, 0) is 34.1 Å². The molecule has 20 heavy (non-hydrogen) atoms. The highest BCUT2D eigenvalue weighted by Crippen LogP contribution is 2.27. The minimum Gasteiger partial charge on any atom is -0.496 e. The second kappa shape index (κ2) is 5.74. The maximum atomic E-state index is 11.8. The number of aromatic nitrogens is 1. The highest BCUT2D eigenvalue weighted by atomic mass is 79.9. The van der Waals surface area contributed by atoms with E-state index in [0.717, 1.165) is 6.07 Å². The monoisotopic (exact) mass is 340 g/mol. The molecule has 2 aromatic rings. The van der Waals surface area contributed by atoms with Crippen LogP contribution in [0.2, 0.25) is 0 Å². The lowest BCUT2D eigenvalue weighted by Crippen LogP contribution is -2.12. The Morgan fingerprint density at radius 2 is 2.15 bits per heavy atom. The van der Waals surface area contributed by atoms with E-state index in [9.17, 15) is 9.59 Å². The molecule has 0 aliphatic heterocycles. The summed E-state index contributed by atoms with van der Waals surface area (Å²) < 4.78 is 10.2. The largest absolute Gasteiger partial charge is 0.496 e. The van der Waals surface area contributed by atoms with Crippen molar-refractivity contribution in [1.82, 2.24) is 5.16 Å². The summed E-state index contributed by atoms with van der Waals surface area (Å²) in [4.78, 5) is 22.5. The quantitative estimate of drug-likeness (QED) is 0.885. The summed E-state index contributed by atoms with van der Waals surface area (Å²) in [6.07, 6.45) is 0. The van der Waals surface area contributed by atoms with Crippen molar-refractivity contribution in [3.8, 4) is 5.75 Å². The summed E-state index contributed by atoms with van der Waals surface area (Å²) in [7, 11) is 1.53. The van der Waals surface area contributed by atoms with Crippen LogP contribution in [0.4, 0.5) is 5.69 Å². The number of nitrogens with zero attached hydrogens (tertiary/aromatic N) is 1. The molecule has 0 unspecified atom stereocenters. The molecule has 0 radical (unpaired) electrons. The van der Waals surface area contributed by atoms with Crippen LogP contribution >= 0.6 is 15.9 Å². The third kappa shape index (κ3) is 2.97. The van der Waals surface area contributed by atoms with Crippen LogP contribution in [0.1, 0.15) is 21.0 Å². The molecule has 1 aromatic heterocycles. The summed E-state index contributed by atoms with van der Waals surface area (Å²) in [6, 6.07) is 6.01. The molecule has 7 nitrogen and oxygen atoms in total. The summed E-state index contributed by atoms with van der Waals surface area (Å²) in [6.45, 7) is 0. The van der Waals surface area contributed by atoms with E-state index in [0.29, 0.717) is 15.9 Å². The van der Waals surface area contributed by atoms with Crippen LogP contribution in [-0.4, -0.2) is 29.2 Å². The SMILES string of the molecule is COc1ccc(NC(=O)c2cc(C(=O)O)on2)cc1Br. The molecule has 0 aliphatic carbocycles. The minimum absolute atomic E-state index is 0.116. The molecule has 0 spiro atoms. The Morgan fingerprint density at radius 1 is 1.40 bits per heavy atom. The number of anilines is 1. The number of nitrogens with one attached hydrogen (secondary N) is 1. The van der Waals surface area contributed by atoms with Crippen LogP contribution in [0.3, 0.4) is 0 Å².